The second-order valence-corrected chi connectivity index (χ2v) is 14.6. The van der Waals surface area contributed by atoms with Gasteiger partial charge < -0.3 is 18.9 Å². The second-order valence-electron chi connectivity index (χ2n) is 11.9. The van der Waals surface area contributed by atoms with E-state index in [9.17, 15) is 0 Å². The van der Waals surface area contributed by atoms with E-state index in [4.69, 9.17) is 8.75 Å². The monoisotopic (exact) mass is 644 g/mol. The molecule has 9 heteroatoms. The van der Waals surface area contributed by atoms with E-state index >= 15 is 0 Å². The zero-order valence-corrected chi connectivity index (χ0v) is 28.4. The third-order valence-electron chi connectivity index (χ3n) is 8.77. The SMILES string of the molecule is CN(C)c1ccc(-c2cc3c(cc(-c4ccc(-c5cc6sc(-c7ccc(N(C)C)cc7)cc6n5C)c5nsnc45)n3C)s2)cc1. The molecular weight excluding hydrogens is 613 g/mol. The minimum absolute atomic E-state index is 0.955. The van der Waals surface area contributed by atoms with Gasteiger partial charge in [-0.3, -0.25) is 0 Å². The van der Waals surface area contributed by atoms with Crippen molar-refractivity contribution in [1.82, 2.24) is 17.9 Å². The Hall–Kier alpha value is -4.44. The van der Waals surface area contributed by atoms with E-state index in [1.54, 1.807) is 0 Å². The molecule has 0 saturated heterocycles. The van der Waals surface area contributed by atoms with Gasteiger partial charge in [-0.05, 0) is 71.8 Å². The standard InChI is InChI=1S/C36H32N6S3/c1-39(2)23-11-7-21(8-12-23)31-19-29-33(43-31)17-27(41(29)5)25-15-16-26(36-35(25)37-45-38-36)28-18-34-30(42(28)6)20-32(44-34)22-9-13-24(14-10-22)40(3)4/h7-20H,1-6H3. The summed E-state index contributed by atoms with van der Waals surface area (Å²) in [5.74, 6) is 0. The Labute approximate surface area is 274 Å². The van der Waals surface area contributed by atoms with Crippen LogP contribution in [0.3, 0.4) is 0 Å². The van der Waals surface area contributed by atoms with Gasteiger partial charge in [0.15, 0.2) is 0 Å². The molecule has 8 rings (SSSR count). The maximum absolute atomic E-state index is 4.82. The van der Waals surface area contributed by atoms with Gasteiger partial charge >= 0.3 is 0 Å². The van der Waals surface area contributed by atoms with Gasteiger partial charge in [-0.15, -0.1) is 22.7 Å². The summed E-state index contributed by atoms with van der Waals surface area (Å²) in [7, 11) is 12.6. The maximum atomic E-state index is 4.82. The zero-order chi connectivity index (χ0) is 31.0. The van der Waals surface area contributed by atoms with Crippen molar-refractivity contribution in [1.29, 1.82) is 0 Å². The molecule has 0 aliphatic heterocycles. The average Bonchev–Trinajstić information content (AvgIpc) is 3.86. The van der Waals surface area contributed by atoms with Gasteiger partial charge in [0.05, 0.1) is 43.5 Å². The van der Waals surface area contributed by atoms with Crippen LogP contribution in [0, 0.1) is 0 Å². The van der Waals surface area contributed by atoms with E-state index in [0.29, 0.717) is 0 Å². The van der Waals surface area contributed by atoms with Crippen LogP contribution >= 0.6 is 34.4 Å². The molecule has 0 radical (unpaired) electrons. The molecule has 0 spiro atoms. The van der Waals surface area contributed by atoms with E-state index < -0.39 is 0 Å². The van der Waals surface area contributed by atoms with Crippen LogP contribution in [0.1, 0.15) is 0 Å². The molecule has 0 unspecified atom stereocenters. The van der Waals surface area contributed by atoms with Crippen molar-refractivity contribution < 1.29 is 0 Å². The summed E-state index contributed by atoms with van der Waals surface area (Å²) < 4.78 is 16.8. The summed E-state index contributed by atoms with van der Waals surface area (Å²) in [6.45, 7) is 0. The normalized spacial score (nSPS) is 11.8. The molecule has 6 nitrogen and oxygen atoms in total. The number of thiophene rings is 2. The molecule has 0 fully saturated rings. The fraction of sp³-hybridized carbons (Fsp3) is 0.167. The second kappa shape index (κ2) is 10.6. The summed E-state index contributed by atoms with van der Waals surface area (Å²) in [6.07, 6.45) is 0. The molecule has 8 aromatic rings. The van der Waals surface area contributed by atoms with Crippen LogP contribution < -0.4 is 9.80 Å². The van der Waals surface area contributed by atoms with Crippen LogP contribution in [0.5, 0.6) is 0 Å². The van der Waals surface area contributed by atoms with E-state index in [0.717, 1.165) is 33.5 Å². The number of hydrogen-bond donors (Lipinski definition) is 0. The molecule has 0 atom stereocenters. The minimum Gasteiger partial charge on any atom is -0.378 e. The quantitative estimate of drug-likeness (QED) is 0.181. The predicted octanol–water partition coefficient (Wildman–Crippen LogP) is 9.60. The highest BCUT2D eigenvalue weighted by Gasteiger charge is 2.21. The number of hydrogen-bond acceptors (Lipinski definition) is 7. The molecular formula is C36H32N6S3. The van der Waals surface area contributed by atoms with Crippen LogP contribution in [-0.2, 0) is 14.1 Å². The fourth-order valence-electron chi connectivity index (χ4n) is 6.15. The number of aryl methyl sites for hydroxylation is 2. The van der Waals surface area contributed by atoms with Crippen LogP contribution in [-0.4, -0.2) is 46.1 Å². The Morgan fingerprint density at radius 1 is 0.533 bits per heavy atom. The van der Waals surface area contributed by atoms with Gasteiger partial charge in [0, 0.05) is 74.5 Å². The summed E-state index contributed by atoms with van der Waals surface area (Å²) in [5, 5.41) is 0. The first-order chi connectivity index (χ1) is 21.8. The summed E-state index contributed by atoms with van der Waals surface area (Å²) in [6, 6.07) is 31.2. The van der Waals surface area contributed by atoms with Crippen molar-refractivity contribution >= 4 is 77.2 Å². The molecule has 0 N–H and O–H groups in total. The van der Waals surface area contributed by atoms with Crippen LogP contribution in [0.4, 0.5) is 11.4 Å². The minimum atomic E-state index is 0.955. The third kappa shape index (κ3) is 4.57. The lowest BCUT2D eigenvalue weighted by Gasteiger charge is -2.12. The van der Waals surface area contributed by atoms with Crippen molar-refractivity contribution in [2.45, 2.75) is 0 Å². The van der Waals surface area contributed by atoms with E-state index in [1.807, 2.05) is 22.7 Å². The molecule has 0 saturated carbocycles. The Morgan fingerprint density at radius 2 is 0.933 bits per heavy atom. The molecule has 0 amide bonds. The van der Waals surface area contributed by atoms with Crippen molar-refractivity contribution in [2.75, 3.05) is 38.0 Å². The Morgan fingerprint density at radius 3 is 1.29 bits per heavy atom. The fourth-order valence-corrected chi connectivity index (χ4v) is 8.99. The highest BCUT2D eigenvalue weighted by Crippen LogP contribution is 2.43. The maximum Gasteiger partial charge on any atom is 0.114 e. The molecule has 5 aromatic heterocycles. The lowest BCUT2D eigenvalue weighted by atomic mass is 10.0. The first-order valence-corrected chi connectivity index (χ1v) is 17.1. The Kier molecular flexibility index (Phi) is 6.60. The third-order valence-corrected chi connectivity index (χ3v) is 11.5. The highest BCUT2D eigenvalue weighted by atomic mass is 32.1. The smallest absolute Gasteiger partial charge is 0.114 e. The number of benzene rings is 3. The van der Waals surface area contributed by atoms with Crippen LogP contribution in [0.15, 0.2) is 84.9 Å². The zero-order valence-electron chi connectivity index (χ0n) is 26.0. The number of aromatic nitrogens is 4. The van der Waals surface area contributed by atoms with Crippen molar-refractivity contribution in [2.24, 2.45) is 14.1 Å². The van der Waals surface area contributed by atoms with Gasteiger partial charge in [-0.25, -0.2) is 0 Å². The predicted molar refractivity (Wildman–Crippen MR) is 197 cm³/mol. The topological polar surface area (TPSA) is 42.1 Å². The van der Waals surface area contributed by atoms with Crippen LogP contribution in [0.25, 0.3) is 74.9 Å². The molecule has 0 bridgehead atoms. The summed E-state index contributed by atoms with van der Waals surface area (Å²) >= 11 is 4.96. The Bertz CT molecular complexity index is 2180. The highest BCUT2D eigenvalue weighted by molar-refractivity contribution is 7.22. The molecule has 5 heterocycles. The molecule has 224 valence electrons. The lowest BCUT2D eigenvalue weighted by molar-refractivity contribution is 0.978. The first-order valence-electron chi connectivity index (χ1n) is 14.8. The van der Waals surface area contributed by atoms with Crippen LogP contribution in [0.2, 0.25) is 0 Å². The number of rotatable bonds is 6. The number of fused-ring (bicyclic) bond motifs is 3. The largest absolute Gasteiger partial charge is 0.378 e. The lowest BCUT2D eigenvalue weighted by Crippen LogP contribution is -2.07. The van der Waals surface area contributed by atoms with E-state index in [2.05, 4.69) is 146 Å². The van der Waals surface area contributed by atoms with Crippen molar-refractivity contribution in [3.8, 4) is 43.4 Å². The van der Waals surface area contributed by atoms with E-state index in [-0.39, 0.29) is 0 Å². The molecule has 0 aliphatic carbocycles. The van der Waals surface area contributed by atoms with Gasteiger partial charge in [-0.1, -0.05) is 24.3 Å². The van der Waals surface area contributed by atoms with Gasteiger partial charge in [0.25, 0.3) is 0 Å². The van der Waals surface area contributed by atoms with Gasteiger partial charge in [0.2, 0.25) is 0 Å². The molecule has 0 aliphatic rings. The number of anilines is 2. The van der Waals surface area contributed by atoms with Gasteiger partial charge in [-0.2, -0.15) is 8.75 Å². The average molecular weight is 645 g/mol. The van der Waals surface area contributed by atoms with Crippen molar-refractivity contribution in [3.63, 3.8) is 0 Å². The van der Waals surface area contributed by atoms with E-state index in [1.165, 1.54) is 64.4 Å². The van der Waals surface area contributed by atoms with Crippen molar-refractivity contribution in [3.05, 3.63) is 84.9 Å². The summed E-state index contributed by atoms with van der Waals surface area (Å²) in [5.41, 5.74) is 13.8. The molecule has 3 aromatic carbocycles. The molecule has 45 heavy (non-hydrogen) atoms. The summed E-state index contributed by atoms with van der Waals surface area (Å²) in [4.78, 5) is 6.81. The Balaban J connectivity index is 1.14. The first kappa shape index (κ1) is 28.1. The number of nitrogens with zero attached hydrogens (tertiary/aromatic N) is 6. The van der Waals surface area contributed by atoms with Gasteiger partial charge in [0.1, 0.15) is 11.0 Å².